The molecule has 0 heterocycles. The predicted molar refractivity (Wildman–Crippen MR) is 50.6 cm³/mol. The summed E-state index contributed by atoms with van der Waals surface area (Å²) in [4.78, 5) is 0. The molecule has 0 bridgehead atoms. The second-order valence-corrected chi connectivity index (χ2v) is 3.93. The van der Waals surface area contributed by atoms with Crippen LogP contribution in [0, 0.1) is 17.8 Å². The maximum absolute atomic E-state index is 9.99. The van der Waals surface area contributed by atoms with Crippen LogP contribution in [0.3, 0.4) is 0 Å². The van der Waals surface area contributed by atoms with Crippen LogP contribution in [-0.2, 0) is 0 Å². The summed E-state index contributed by atoms with van der Waals surface area (Å²) in [7, 11) is 0. The minimum absolute atomic E-state index is 0.402. The highest BCUT2D eigenvalue weighted by molar-refractivity contribution is 5.00. The average molecular weight is 166 g/mol. The van der Waals surface area contributed by atoms with Gasteiger partial charge in [-0.3, -0.25) is 0 Å². The molecule has 0 aromatic carbocycles. The molecule has 0 aliphatic heterocycles. The quantitative estimate of drug-likeness (QED) is 0.593. The summed E-state index contributed by atoms with van der Waals surface area (Å²) in [5.41, 5.74) is -0.456. The van der Waals surface area contributed by atoms with Gasteiger partial charge in [0.25, 0.3) is 0 Å². The zero-order valence-electron chi connectivity index (χ0n) is 8.06. The molecule has 0 saturated heterocycles. The van der Waals surface area contributed by atoms with Crippen molar-refractivity contribution in [3.8, 4) is 11.8 Å². The molecular formula is C11H18O. The molecule has 1 aliphatic carbocycles. The molecule has 12 heavy (non-hydrogen) atoms. The summed E-state index contributed by atoms with van der Waals surface area (Å²) in [5.74, 6) is 6.36. The average Bonchev–Trinajstić information content (AvgIpc) is 2.02. The first kappa shape index (κ1) is 9.61. The van der Waals surface area contributed by atoms with Crippen molar-refractivity contribution in [1.82, 2.24) is 0 Å². The second-order valence-electron chi connectivity index (χ2n) is 3.93. The second kappa shape index (κ2) is 3.96. The normalized spacial score (nSPS) is 35.4. The van der Waals surface area contributed by atoms with Gasteiger partial charge in [0.05, 0.1) is 5.60 Å². The van der Waals surface area contributed by atoms with Crippen molar-refractivity contribution in [1.29, 1.82) is 0 Å². The van der Waals surface area contributed by atoms with E-state index in [2.05, 4.69) is 11.8 Å². The lowest BCUT2D eigenvalue weighted by Gasteiger charge is -2.36. The highest BCUT2D eigenvalue weighted by atomic mass is 16.3. The van der Waals surface area contributed by atoms with Crippen LogP contribution in [0.15, 0.2) is 0 Å². The van der Waals surface area contributed by atoms with Gasteiger partial charge in [0.15, 0.2) is 0 Å². The first-order chi connectivity index (χ1) is 5.67. The summed E-state index contributed by atoms with van der Waals surface area (Å²) >= 11 is 0. The minimum Gasteiger partial charge on any atom is -0.390 e. The Labute approximate surface area is 75.2 Å². The smallest absolute Gasteiger partial charge is 0.0656 e. The Bertz CT molecular complexity index is 195. The third-order valence-corrected chi connectivity index (χ3v) is 2.89. The van der Waals surface area contributed by atoms with Crippen LogP contribution >= 0.6 is 0 Å². The Balaban J connectivity index is 2.52. The lowest BCUT2D eigenvalue weighted by atomic mass is 9.75. The lowest BCUT2D eigenvalue weighted by molar-refractivity contribution is -0.0295. The van der Waals surface area contributed by atoms with Crippen LogP contribution in [-0.4, -0.2) is 10.7 Å². The van der Waals surface area contributed by atoms with Crippen molar-refractivity contribution in [3.05, 3.63) is 0 Å². The monoisotopic (exact) mass is 166 g/mol. The van der Waals surface area contributed by atoms with Crippen LogP contribution in [0.25, 0.3) is 0 Å². The minimum atomic E-state index is -0.456. The van der Waals surface area contributed by atoms with E-state index >= 15 is 0 Å². The van der Waals surface area contributed by atoms with Crippen LogP contribution in [0.4, 0.5) is 0 Å². The summed E-state index contributed by atoms with van der Waals surface area (Å²) in [5, 5.41) is 9.99. The molecule has 0 radical (unpaired) electrons. The zero-order valence-corrected chi connectivity index (χ0v) is 8.06. The standard InChI is InChI=1S/C11H18O/c1-3-4-7-10-8-5-6-9-11(10,2)12/h10,12H,5-9H2,1-2H3/t10-,11-/m0/s1. The Morgan fingerprint density at radius 1 is 1.50 bits per heavy atom. The van der Waals surface area contributed by atoms with Gasteiger partial charge in [0.2, 0.25) is 0 Å². The fourth-order valence-corrected chi connectivity index (χ4v) is 1.94. The van der Waals surface area contributed by atoms with Crippen molar-refractivity contribution in [2.45, 2.75) is 51.6 Å². The molecule has 0 spiro atoms. The Morgan fingerprint density at radius 3 is 2.83 bits per heavy atom. The SMILES string of the molecule is CC#CC[C@H]1CCCC[C@]1(C)O. The van der Waals surface area contributed by atoms with Crippen molar-refractivity contribution in [3.63, 3.8) is 0 Å². The molecule has 1 nitrogen and oxygen atoms in total. The molecule has 1 aliphatic rings. The van der Waals surface area contributed by atoms with Crippen LogP contribution < -0.4 is 0 Å². The Morgan fingerprint density at radius 2 is 2.25 bits per heavy atom. The summed E-state index contributed by atoms with van der Waals surface area (Å²) in [6.07, 6.45) is 5.38. The number of hydrogen-bond donors (Lipinski definition) is 1. The first-order valence-electron chi connectivity index (χ1n) is 4.79. The van der Waals surface area contributed by atoms with Gasteiger partial charge in [-0.05, 0) is 32.6 Å². The number of hydrogen-bond acceptors (Lipinski definition) is 1. The summed E-state index contributed by atoms with van der Waals surface area (Å²) in [6.45, 7) is 3.81. The molecule has 1 rings (SSSR count). The maximum atomic E-state index is 9.99. The fraction of sp³-hybridized carbons (Fsp3) is 0.818. The van der Waals surface area contributed by atoms with E-state index in [1.165, 1.54) is 12.8 Å². The van der Waals surface area contributed by atoms with Gasteiger partial charge in [-0.15, -0.1) is 11.8 Å². The Kier molecular flexibility index (Phi) is 3.17. The van der Waals surface area contributed by atoms with Crippen LogP contribution in [0.5, 0.6) is 0 Å². The molecule has 0 aromatic rings. The first-order valence-corrected chi connectivity index (χ1v) is 4.79. The van der Waals surface area contributed by atoms with E-state index in [-0.39, 0.29) is 0 Å². The number of aliphatic hydroxyl groups is 1. The summed E-state index contributed by atoms with van der Waals surface area (Å²) < 4.78 is 0. The molecule has 68 valence electrons. The zero-order chi connectivity index (χ0) is 9.03. The van der Waals surface area contributed by atoms with E-state index < -0.39 is 5.60 Å². The van der Waals surface area contributed by atoms with Crippen molar-refractivity contribution < 1.29 is 5.11 Å². The molecule has 0 aromatic heterocycles. The van der Waals surface area contributed by atoms with Gasteiger partial charge in [-0.25, -0.2) is 0 Å². The van der Waals surface area contributed by atoms with Gasteiger partial charge >= 0.3 is 0 Å². The van der Waals surface area contributed by atoms with E-state index in [1.807, 2.05) is 13.8 Å². The number of rotatable bonds is 1. The largest absolute Gasteiger partial charge is 0.390 e. The highest BCUT2D eigenvalue weighted by Gasteiger charge is 2.33. The molecule has 1 saturated carbocycles. The van der Waals surface area contributed by atoms with Crippen LogP contribution in [0.1, 0.15) is 46.0 Å². The fourth-order valence-electron chi connectivity index (χ4n) is 1.94. The molecule has 1 fully saturated rings. The van der Waals surface area contributed by atoms with E-state index in [0.29, 0.717) is 5.92 Å². The van der Waals surface area contributed by atoms with Gasteiger partial charge in [-0.2, -0.15) is 0 Å². The van der Waals surface area contributed by atoms with Crippen molar-refractivity contribution in [2.24, 2.45) is 5.92 Å². The van der Waals surface area contributed by atoms with E-state index in [1.54, 1.807) is 0 Å². The summed E-state index contributed by atoms with van der Waals surface area (Å²) in [6, 6.07) is 0. The molecule has 1 heteroatoms. The molecular weight excluding hydrogens is 148 g/mol. The maximum Gasteiger partial charge on any atom is 0.0656 e. The van der Waals surface area contributed by atoms with Gasteiger partial charge in [0.1, 0.15) is 0 Å². The third-order valence-electron chi connectivity index (χ3n) is 2.89. The van der Waals surface area contributed by atoms with Gasteiger partial charge < -0.3 is 5.11 Å². The van der Waals surface area contributed by atoms with E-state index in [9.17, 15) is 5.11 Å². The molecule has 2 atom stereocenters. The third kappa shape index (κ3) is 2.25. The highest BCUT2D eigenvalue weighted by Crippen LogP contribution is 2.35. The Hall–Kier alpha value is -0.480. The molecule has 0 unspecified atom stereocenters. The topological polar surface area (TPSA) is 20.2 Å². The van der Waals surface area contributed by atoms with E-state index in [0.717, 1.165) is 19.3 Å². The van der Waals surface area contributed by atoms with Crippen LogP contribution in [0.2, 0.25) is 0 Å². The predicted octanol–water partition coefficient (Wildman–Crippen LogP) is 2.34. The van der Waals surface area contributed by atoms with E-state index in [4.69, 9.17) is 0 Å². The lowest BCUT2D eigenvalue weighted by Crippen LogP contribution is -2.37. The van der Waals surface area contributed by atoms with Crippen molar-refractivity contribution in [2.75, 3.05) is 0 Å². The molecule has 1 N–H and O–H groups in total. The molecule has 0 amide bonds. The van der Waals surface area contributed by atoms with Gasteiger partial charge in [-0.1, -0.05) is 12.8 Å². The van der Waals surface area contributed by atoms with Crippen molar-refractivity contribution >= 4 is 0 Å². The van der Waals surface area contributed by atoms with Gasteiger partial charge in [0, 0.05) is 6.42 Å².